The molecule has 5 nitrogen and oxygen atoms in total. The monoisotopic (exact) mass is 251 g/mol. The first-order valence-electron chi connectivity index (χ1n) is 6.89. The highest BCUT2D eigenvalue weighted by Crippen LogP contribution is 2.21. The Morgan fingerprint density at radius 2 is 2.17 bits per heavy atom. The topological polar surface area (TPSA) is 46.0 Å². The van der Waals surface area contributed by atoms with Gasteiger partial charge in [0.15, 0.2) is 0 Å². The van der Waals surface area contributed by atoms with Crippen molar-refractivity contribution in [3.05, 3.63) is 11.6 Å². The van der Waals surface area contributed by atoms with Crippen LogP contribution in [0.4, 0.5) is 0 Å². The fourth-order valence-corrected chi connectivity index (χ4v) is 2.74. The lowest BCUT2D eigenvalue weighted by Crippen LogP contribution is -2.49. The molecule has 0 saturated carbocycles. The minimum absolute atomic E-state index is 0.527. The second-order valence-electron chi connectivity index (χ2n) is 5.33. The fourth-order valence-electron chi connectivity index (χ4n) is 2.74. The van der Waals surface area contributed by atoms with Gasteiger partial charge in [-0.2, -0.15) is 0 Å². The zero-order valence-electron chi connectivity index (χ0n) is 12.0. The Bertz CT molecular complexity index is 387. The largest absolute Gasteiger partial charge is 0.317 e. The second kappa shape index (κ2) is 5.80. The molecule has 0 radical (unpaired) electrons. The van der Waals surface area contributed by atoms with E-state index >= 15 is 0 Å². The van der Waals surface area contributed by atoms with Gasteiger partial charge < -0.3 is 9.88 Å². The van der Waals surface area contributed by atoms with E-state index in [1.807, 2.05) is 21.0 Å². The minimum Gasteiger partial charge on any atom is -0.317 e. The Kier molecular flexibility index (Phi) is 4.35. The van der Waals surface area contributed by atoms with Crippen LogP contribution >= 0.6 is 0 Å². The average Bonchev–Trinajstić information content (AvgIpc) is 2.70. The van der Waals surface area contributed by atoms with Crippen LogP contribution in [0.3, 0.4) is 0 Å². The molecule has 1 aromatic heterocycles. The number of hydrogen-bond acceptors (Lipinski definition) is 4. The van der Waals surface area contributed by atoms with E-state index in [1.54, 1.807) is 0 Å². The average molecular weight is 251 g/mol. The predicted octanol–water partition coefficient (Wildman–Crippen LogP) is 1.09. The molecule has 0 spiro atoms. The van der Waals surface area contributed by atoms with E-state index in [4.69, 9.17) is 0 Å². The van der Waals surface area contributed by atoms with Crippen molar-refractivity contribution in [1.82, 2.24) is 25.0 Å². The highest BCUT2D eigenvalue weighted by atomic mass is 15.3. The van der Waals surface area contributed by atoms with E-state index in [9.17, 15) is 0 Å². The summed E-state index contributed by atoms with van der Waals surface area (Å²) in [6.07, 6.45) is 3.91. The van der Waals surface area contributed by atoms with Crippen LogP contribution in [0.5, 0.6) is 0 Å². The van der Waals surface area contributed by atoms with Crippen molar-refractivity contribution in [1.29, 1.82) is 0 Å². The first-order chi connectivity index (χ1) is 8.63. The summed E-state index contributed by atoms with van der Waals surface area (Å²) >= 11 is 0. The number of nitrogens with zero attached hydrogens (tertiary/aromatic N) is 4. The Morgan fingerprint density at radius 1 is 1.39 bits per heavy atom. The molecule has 1 aliphatic rings. The van der Waals surface area contributed by atoms with Crippen molar-refractivity contribution < 1.29 is 0 Å². The zero-order valence-corrected chi connectivity index (χ0v) is 12.0. The van der Waals surface area contributed by atoms with Gasteiger partial charge in [-0.1, -0.05) is 6.42 Å². The molecule has 0 amide bonds. The first-order valence-corrected chi connectivity index (χ1v) is 6.89. The summed E-state index contributed by atoms with van der Waals surface area (Å²) in [5.74, 6) is 2.06. The molecule has 1 aliphatic heterocycles. The third-order valence-corrected chi connectivity index (χ3v) is 4.22. The normalized spacial score (nSPS) is 23.2. The van der Waals surface area contributed by atoms with Crippen LogP contribution in [0.15, 0.2) is 0 Å². The van der Waals surface area contributed by atoms with E-state index in [-0.39, 0.29) is 0 Å². The molecule has 2 unspecified atom stereocenters. The molecule has 0 aliphatic carbocycles. The number of likely N-dealkylation sites (N-methyl/N-ethyl adjacent to an activating group) is 1. The van der Waals surface area contributed by atoms with Gasteiger partial charge in [-0.15, -0.1) is 10.2 Å². The Hall–Kier alpha value is -0.940. The van der Waals surface area contributed by atoms with E-state index < -0.39 is 0 Å². The van der Waals surface area contributed by atoms with Gasteiger partial charge in [-0.25, -0.2) is 0 Å². The van der Waals surface area contributed by atoms with Crippen molar-refractivity contribution in [2.75, 3.05) is 13.6 Å². The van der Waals surface area contributed by atoms with Crippen LogP contribution in [-0.4, -0.2) is 45.3 Å². The molecule has 1 saturated heterocycles. The lowest BCUT2D eigenvalue weighted by Gasteiger charge is -2.38. The van der Waals surface area contributed by atoms with Gasteiger partial charge >= 0.3 is 0 Å². The Morgan fingerprint density at radius 3 is 2.78 bits per heavy atom. The van der Waals surface area contributed by atoms with Gasteiger partial charge in [0.25, 0.3) is 0 Å². The number of nitrogens with one attached hydrogen (secondary N) is 1. The third-order valence-electron chi connectivity index (χ3n) is 4.22. The second-order valence-corrected chi connectivity index (χ2v) is 5.33. The number of rotatable bonds is 4. The number of piperidine rings is 1. The molecule has 2 rings (SSSR count). The van der Waals surface area contributed by atoms with Crippen molar-refractivity contribution in [2.45, 2.75) is 51.7 Å². The summed E-state index contributed by atoms with van der Waals surface area (Å²) in [4.78, 5) is 2.55. The van der Waals surface area contributed by atoms with Crippen LogP contribution in [0, 0.1) is 6.92 Å². The van der Waals surface area contributed by atoms with E-state index in [0.29, 0.717) is 12.1 Å². The molecular weight excluding hydrogens is 226 g/mol. The standard InChI is InChI=1S/C13H25N5/c1-10(14-3)12-7-5-6-8-18(12)9-13-16-15-11(2)17(13)4/h10,12,14H,5-9H2,1-4H3. The molecule has 1 aromatic rings. The van der Waals surface area contributed by atoms with Crippen molar-refractivity contribution in [3.8, 4) is 0 Å². The summed E-state index contributed by atoms with van der Waals surface area (Å²) < 4.78 is 2.09. The molecule has 0 aromatic carbocycles. The van der Waals surface area contributed by atoms with E-state index in [2.05, 4.69) is 31.9 Å². The van der Waals surface area contributed by atoms with Gasteiger partial charge in [0, 0.05) is 19.1 Å². The van der Waals surface area contributed by atoms with Crippen LogP contribution < -0.4 is 5.32 Å². The summed E-state index contributed by atoms with van der Waals surface area (Å²) in [6.45, 7) is 6.35. The summed E-state index contributed by atoms with van der Waals surface area (Å²) in [6, 6.07) is 1.14. The fraction of sp³-hybridized carbons (Fsp3) is 0.846. The Balaban J connectivity index is 2.08. The van der Waals surface area contributed by atoms with Crippen molar-refractivity contribution in [2.24, 2.45) is 7.05 Å². The van der Waals surface area contributed by atoms with Gasteiger partial charge in [0.1, 0.15) is 11.6 Å². The molecule has 18 heavy (non-hydrogen) atoms. The van der Waals surface area contributed by atoms with Gasteiger partial charge in [-0.05, 0) is 40.3 Å². The predicted molar refractivity (Wildman–Crippen MR) is 72.3 cm³/mol. The van der Waals surface area contributed by atoms with E-state index in [0.717, 1.165) is 18.2 Å². The molecule has 1 N–H and O–H groups in total. The van der Waals surface area contributed by atoms with Gasteiger partial charge in [-0.3, -0.25) is 4.90 Å². The lowest BCUT2D eigenvalue weighted by molar-refractivity contribution is 0.110. The Labute approximate surface area is 110 Å². The van der Waals surface area contributed by atoms with Crippen LogP contribution in [-0.2, 0) is 13.6 Å². The molecule has 1 fully saturated rings. The number of aromatic nitrogens is 3. The summed E-state index contributed by atoms with van der Waals surface area (Å²) in [5, 5.41) is 11.8. The van der Waals surface area contributed by atoms with Gasteiger partial charge in [0.2, 0.25) is 0 Å². The van der Waals surface area contributed by atoms with Gasteiger partial charge in [0.05, 0.1) is 6.54 Å². The van der Waals surface area contributed by atoms with Crippen molar-refractivity contribution in [3.63, 3.8) is 0 Å². The van der Waals surface area contributed by atoms with Crippen molar-refractivity contribution >= 4 is 0 Å². The highest BCUT2D eigenvalue weighted by Gasteiger charge is 2.27. The van der Waals surface area contributed by atoms with Crippen LogP contribution in [0.25, 0.3) is 0 Å². The molecule has 2 heterocycles. The lowest BCUT2D eigenvalue weighted by atomic mass is 9.96. The number of likely N-dealkylation sites (tertiary alicyclic amines) is 1. The molecule has 2 atom stereocenters. The molecule has 5 heteroatoms. The maximum atomic E-state index is 4.28. The summed E-state index contributed by atoms with van der Waals surface area (Å²) in [7, 11) is 4.09. The number of aryl methyl sites for hydroxylation is 1. The minimum atomic E-state index is 0.527. The molecule has 102 valence electrons. The van der Waals surface area contributed by atoms with E-state index in [1.165, 1.54) is 25.8 Å². The maximum absolute atomic E-state index is 4.28. The number of hydrogen-bond donors (Lipinski definition) is 1. The SMILES string of the molecule is CNC(C)C1CCCCN1Cc1nnc(C)n1C. The highest BCUT2D eigenvalue weighted by molar-refractivity contribution is 4.95. The van der Waals surface area contributed by atoms with Crippen LogP contribution in [0.2, 0.25) is 0 Å². The van der Waals surface area contributed by atoms with Crippen LogP contribution in [0.1, 0.15) is 37.8 Å². The molecule has 0 bridgehead atoms. The zero-order chi connectivity index (χ0) is 13.1. The smallest absolute Gasteiger partial charge is 0.146 e. The maximum Gasteiger partial charge on any atom is 0.146 e. The summed E-state index contributed by atoms with van der Waals surface area (Å²) in [5.41, 5.74) is 0. The first kappa shape index (κ1) is 13.5. The third kappa shape index (κ3) is 2.72. The molecular formula is C13H25N5. The quantitative estimate of drug-likeness (QED) is 0.870.